The van der Waals surface area contributed by atoms with Crippen LogP contribution in [0, 0.1) is 0 Å². The van der Waals surface area contributed by atoms with E-state index in [4.69, 9.17) is 19.9 Å². The number of rotatable bonds is 8. The molecule has 0 fully saturated rings. The molecule has 12 aromatic rings. The summed E-state index contributed by atoms with van der Waals surface area (Å²) in [6.45, 7) is 0. The quantitative estimate of drug-likeness (QED) is 0.153. The Balaban J connectivity index is 0.939. The van der Waals surface area contributed by atoms with E-state index in [9.17, 15) is 0 Å². The molecule has 0 aliphatic rings. The molecule has 0 unspecified atom stereocenters. The van der Waals surface area contributed by atoms with E-state index in [-0.39, 0.29) is 0 Å². The molecular weight excluding hydrogens is 801 g/mol. The zero-order chi connectivity index (χ0) is 43.8. The Labute approximate surface area is 383 Å². The van der Waals surface area contributed by atoms with Crippen molar-refractivity contribution < 1.29 is 0 Å². The van der Waals surface area contributed by atoms with Gasteiger partial charge in [0.2, 0.25) is 0 Å². The average Bonchev–Trinajstić information content (AvgIpc) is 3.40. The molecule has 2 aromatic heterocycles. The Morgan fingerprint density at radius 3 is 1.14 bits per heavy atom. The maximum Gasteiger partial charge on any atom is 0.161 e. The number of para-hydroxylation sites is 2. The third kappa shape index (κ3) is 7.27. The molecule has 2 heterocycles. The van der Waals surface area contributed by atoms with Crippen molar-refractivity contribution in [3.8, 4) is 89.8 Å². The lowest BCUT2D eigenvalue weighted by Crippen LogP contribution is -1.98. The smallest absolute Gasteiger partial charge is 0.161 e. The molecule has 0 saturated heterocycles. The SMILES string of the molecule is c1ccc(-c2ccc(-c3cccc(-c4nc(-c5ccc(-c6nc(-c7cccc(-c8ccc(-c9ccccc9)cc8)c7)c7ccccc7n6)c6ccccc56)c5ccccc5n4)c3)cc2)cc1. The zero-order valence-electron chi connectivity index (χ0n) is 35.9. The molecule has 12 rings (SSSR count). The van der Waals surface area contributed by atoms with Crippen LogP contribution in [0.2, 0.25) is 0 Å². The van der Waals surface area contributed by atoms with E-state index >= 15 is 0 Å². The highest BCUT2D eigenvalue weighted by molar-refractivity contribution is 6.08. The van der Waals surface area contributed by atoms with Crippen LogP contribution in [0.25, 0.3) is 122 Å². The van der Waals surface area contributed by atoms with Crippen molar-refractivity contribution in [3.63, 3.8) is 0 Å². The van der Waals surface area contributed by atoms with Crippen molar-refractivity contribution in [2.75, 3.05) is 0 Å². The number of benzene rings is 10. The van der Waals surface area contributed by atoms with Gasteiger partial charge in [-0.2, -0.15) is 0 Å². The highest BCUT2D eigenvalue weighted by Crippen LogP contribution is 2.40. The van der Waals surface area contributed by atoms with Crippen molar-refractivity contribution in [1.82, 2.24) is 19.9 Å². The minimum absolute atomic E-state index is 0.672. The largest absolute Gasteiger partial charge is 0.228 e. The van der Waals surface area contributed by atoms with Gasteiger partial charge in [0.1, 0.15) is 0 Å². The number of nitrogens with zero attached hydrogens (tertiary/aromatic N) is 4. The normalized spacial score (nSPS) is 11.3. The Bertz CT molecular complexity index is 3730. The fourth-order valence-corrected chi connectivity index (χ4v) is 9.18. The van der Waals surface area contributed by atoms with Crippen LogP contribution < -0.4 is 0 Å². The van der Waals surface area contributed by atoms with Crippen LogP contribution in [-0.4, -0.2) is 19.9 Å². The van der Waals surface area contributed by atoms with Crippen LogP contribution in [0.5, 0.6) is 0 Å². The van der Waals surface area contributed by atoms with Crippen molar-refractivity contribution in [1.29, 1.82) is 0 Å². The van der Waals surface area contributed by atoms with Gasteiger partial charge < -0.3 is 0 Å². The van der Waals surface area contributed by atoms with Gasteiger partial charge in [-0.25, -0.2) is 19.9 Å². The molecule has 0 bridgehead atoms. The molecule has 308 valence electrons. The summed E-state index contributed by atoms with van der Waals surface area (Å²) >= 11 is 0. The van der Waals surface area contributed by atoms with E-state index in [1.54, 1.807) is 0 Å². The second-order valence-corrected chi connectivity index (χ2v) is 16.6. The van der Waals surface area contributed by atoms with Gasteiger partial charge >= 0.3 is 0 Å². The van der Waals surface area contributed by atoms with Crippen molar-refractivity contribution in [3.05, 3.63) is 243 Å². The van der Waals surface area contributed by atoms with Gasteiger partial charge in [0.15, 0.2) is 11.6 Å². The number of hydrogen-bond acceptors (Lipinski definition) is 4. The highest BCUT2D eigenvalue weighted by atomic mass is 14.9. The fourth-order valence-electron chi connectivity index (χ4n) is 9.18. The second kappa shape index (κ2) is 16.7. The number of fused-ring (bicyclic) bond motifs is 3. The molecule has 0 aliphatic carbocycles. The van der Waals surface area contributed by atoms with E-state index in [1.165, 1.54) is 22.3 Å². The van der Waals surface area contributed by atoms with Crippen LogP contribution in [0.4, 0.5) is 0 Å². The summed E-state index contributed by atoms with van der Waals surface area (Å²) in [5, 5.41) is 4.11. The van der Waals surface area contributed by atoms with E-state index in [0.717, 1.165) is 88.5 Å². The molecule has 4 nitrogen and oxygen atoms in total. The highest BCUT2D eigenvalue weighted by Gasteiger charge is 2.19. The maximum atomic E-state index is 5.40. The Morgan fingerprint density at radius 2 is 0.561 bits per heavy atom. The Morgan fingerprint density at radius 1 is 0.197 bits per heavy atom. The lowest BCUT2D eigenvalue weighted by Gasteiger charge is -2.15. The predicted molar refractivity (Wildman–Crippen MR) is 274 cm³/mol. The van der Waals surface area contributed by atoms with Crippen molar-refractivity contribution in [2.24, 2.45) is 0 Å². The van der Waals surface area contributed by atoms with Crippen LogP contribution in [0.15, 0.2) is 243 Å². The van der Waals surface area contributed by atoms with Crippen molar-refractivity contribution in [2.45, 2.75) is 0 Å². The molecule has 0 spiro atoms. The van der Waals surface area contributed by atoms with Gasteiger partial charge in [0, 0.05) is 33.0 Å². The van der Waals surface area contributed by atoms with Gasteiger partial charge in [0.25, 0.3) is 0 Å². The zero-order valence-corrected chi connectivity index (χ0v) is 35.9. The fraction of sp³-hybridized carbons (Fsp3) is 0. The molecule has 10 aromatic carbocycles. The molecule has 0 aliphatic heterocycles. The first-order chi connectivity index (χ1) is 32.7. The summed E-state index contributed by atoms with van der Waals surface area (Å²) in [5.74, 6) is 1.35. The topological polar surface area (TPSA) is 51.6 Å². The maximum absolute atomic E-state index is 5.40. The molecule has 66 heavy (non-hydrogen) atoms. The van der Waals surface area contributed by atoms with Crippen LogP contribution >= 0.6 is 0 Å². The first kappa shape index (κ1) is 38.8. The van der Waals surface area contributed by atoms with E-state index in [0.29, 0.717) is 11.6 Å². The van der Waals surface area contributed by atoms with Gasteiger partial charge in [-0.05, 0) is 85.6 Å². The van der Waals surface area contributed by atoms with E-state index in [2.05, 4.69) is 218 Å². The van der Waals surface area contributed by atoms with Crippen LogP contribution in [0.1, 0.15) is 0 Å². The third-order valence-corrected chi connectivity index (χ3v) is 12.5. The molecule has 0 amide bonds. The molecule has 0 atom stereocenters. The van der Waals surface area contributed by atoms with Crippen LogP contribution in [0.3, 0.4) is 0 Å². The Kier molecular flexibility index (Phi) is 9.81. The van der Waals surface area contributed by atoms with Gasteiger partial charge in [-0.15, -0.1) is 0 Å². The summed E-state index contributed by atoms with van der Waals surface area (Å²) in [6, 6.07) is 85.2. The average molecular weight is 841 g/mol. The molecular formula is C62H40N4. The summed E-state index contributed by atoms with van der Waals surface area (Å²) in [7, 11) is 0. The van der Waals surface area contributed by atoms with Gasteiger partial charge in [-0.3, -0.25) is 0 Å². The third-order valence-electron chi connectivity index (χ3n) is 12.5. The molecule has 0 radical (unpaired) electrons. The second-order valence-electron chi connectivity index (χ2n) is 16.6. The molecule has 0 N–H and O–H groups in total. The predicted octanol–water partition coefficient (Wildman–Crippen LogP) is 16.1. The summed E-state index contributed by atoms with van der Waals surface area (Å²) in [5.41, 5.74) is 16.9. The summed E-state index contributed by atoms with van der Waals surface area (Å²) < 4.78 is 0. The van der Waals surface area contributed by atoms with Crippen molar-refractivity contribution >= 4 is 32.6 Å². The summed E-state index contributed by atoms with van der Waals surface area (Å²) in [6.07, 6.45) is 0. The monoisotopic (exact) mass is 840 g/mol. The van der Waals surface area contributed by atoms with Gasteiger partial charge in [-0.1, -0.05) is 212 Å². The minimum Gasteiger partial charge on any atom is -0.228 e. The molecule has 4 heteroatoms. The first-order valence-electron chi connectivity index (χ1n) is 22.3. The number of aromatic nitrogens is 4. The van der Waals surface area contributed by atoms with E-state index < -0.39 is 0 Å². The van der Waals surface area contributed by atoms with Crippen LogP contribution in [-0.2, 0) is 0 Å². The number of hydrogen-bond donors (Lipinski definition) is 0. The lowest BCUT2D eigenvalue weighted by molar-refractivity contribution is 1.23. The first-order valence-corrected chi connectivity index (χ1v) is 22.3. The van der Waals surface area contributed by atoms with Gasteiger partial charge in [0.05, 0.1) is 22.4 Å². The lowest BCUT2D eigenvalue weighted by atomic mass is 9.94. The standard InChI is InChI=1S/C62H40N4/c1-3-15-41(16-4-1)43-29-33-45(34-30-43)47-19-13-21-49(39-47)59-55-25-9-11-27-57(55)64-62(65-59)54-38-37-53(51-23-7-8-24-52(51)54)60-56-26-10-12-28-58(56)63-61(66-60)50-22-14-20-48(40-50)46-35-31-44(32-36-46)42-17-5-2-6-18-42/h1-40H. The minimum atomic E-state index is 0.672. The Hall–Kier alpha value is -8.86. The summed E-state index contributed by atoms with van der Waals surface area (Å²) in [4.78, 5) is 21.2. The van der Waals surface area contributed by atoms with E-state index in [1.807, 2.05) is 24.3 Å². The molecule has 0 saturated carbocycles.